The predicted octanol–water partition coefficient (Wildman–Crippen LogP) is 3.41. The Morgan fingerprint density at radius 1 is 1.50 bits per heavy atom. The smallest absolute Gasteiger partial charge is 0.407 e. The van der Waals surface area contributed by atoms with E-state index in [4.69, 9.17) is 4.74 Å². The predicted molar refractivity (Wildman–Crippen MR) is 79.3 cm³/mol. The van der Waals surface area contributed by atoms with Gasteiger partial charge in [0.15, 0.2) is 5.78 Å². The molecule has 2 atom stereocenters. The van der Waals surface area contributed by atoms with Gasteiger partial charge in [0.25, 0.3) is 0 Å². The lowest BCUT2D eigenvalue weighted by Gasteiger charge is -2.28. The Morgan fingerprint density at radius 2 is 2.20 bits per heavy atom. The van der Waals surface area contributed by atoms with Crippen molar-refractivity contribution in [1.29, 1.82) is 0 Å². The number of fused-ring (bicyclic) bond motifs is 1. The van der Waals surface area contributed by atoms with Crippen molar-refractivity contribution in [1.82, 2.24) is 5.32 Å². The normalized spacial score (nSPS) is 20.2. The maximum atomic E-state index is 12.4. The highest BCUT2D eigenvalue weighted by Crippen LogP contribution is 2.31. The van der Waals surface area contributed by atoms with Crippen molar-refractivity contribution in [2.75, 3.05) is 0 Å². The van der Waals surface area contributed by atoms with Crippen LogP contribution >= 0.6 is 11.3 Å². The number of alkyl carbamates (subject to hydrolysis) is 1. The molecule has 0 spiro atoms. The lowest BCUT2D eigenvalue weighted by molar-refractivity contribution is 0.0487. The summed E-state index contributed by atoms with van der Waals surface area (Å²) in [6.07, 6.45) is 1.22. The van der Waals surface area contributed by atoms with Gasteiger partial charge in [0.1, 0.15) is 5.60 Å². The van der Waals surface area contributed by atoms with Crippen LogP contribution in [-0.2, 0) is 11.2 Å². The van der Waals surface area contributed by atoms with Crippen molar-refractivity contribution in [3.05, 3.63) is 21.9 Å². The summed E-state index contributed by atoms with van der Waals surface area (Å²) >= 11 is 1.63. The summed E-state index contributed by atoms with van der Waals surface area (Å²) in [6, 6.07) is 1.67. The molecule has 5 heteroatoms. The van der Waals surface area contributed by atoms with E-state index in [0.29, 0.717) is 0 Å². The molecule has 1 aromatic rings. The summed E-state index contributed by atoms with van der Waals surface area (Å²) in [7, 11) is 0. The number of carbonyl (C=O) groups excluding carboxylic acids is 2. The molecule has 2 unspecified atom stereocenters. The zero-order valence-electron chi connectivity index (χ0n) is 12.4. The molecule has 1 aliphatic carbocycles. The molecular weight excluding hydrogens is 274 g/mol. The molecule has 0 saturated heterocycles. The Morgan fingerprint density at radius 3 is 2.85 bits per heavy atom. The van der Waals surface area contributed by atoms with E-state index in [2.05, 4.69) is 5.32 Å². The highest BCUT2D eigenvalue weighted by atomic mass is 32.1. The molecule has 4 nitrogen and oxygen atoms in total. The van der Waals surface area contributed by atoms with Crippen LogP contribution in [0.2, 0.25) is 0 Å². The summed E-state index contributed by atoms with van der Waals surface area (Å²) in [4.78, 5) is 25.3. The van der Waals surface area contributed by atoms with E-state index in [1.54, 1.807) is 11.3 Å². The summed E-state index contributed by atoms with van der Waals surface area (Å²) in [5.41, 5.74) is 0.296. The van der Waals surface area contributed by atoms with Gasteiger partial charge in [-0.1, -0.05) is 0 Å². The highest BCUT2D eigenvalue weighted by molar-refractivity contribution is 7.10. The largest absolute Gasteiger partial charge is 0.444 e. The van der Waals surface area contributed by atoms with Gasteiger partial charge in [-0.2, -0.15) is 0 Å². The van der Waals surface area contributed by atoms with Crippen LogP contribution in [-0.4, -0.2) is 23.5 Å². The lowest BCUT2D eigenvalue weighted by Crippen LogP contribution is -2.44. The highest BCUT2D eigenvalue weighted by Gasteiger charge is 2.33. The zero-order valence-corrected chi connectivity index (χ0v) is 13.2. The fraction of sp³-hybridized carbons (Fsp3) is 0.600. The number of hydrogen-bond acceptors (Lipinski definition) is 4. The molecule has 2 rings (SSSR count). The quantitative estimate of drug-likeness (QED) is 0.909. The average molecular weight is 295 g/mol. The summed E-state index contributed by atoms with van der Waals surface area (Å²) < 4.78 is 5.23. The topological polar surface area (TPSA) is 55.4 Å². The maximum absolute atomic E-state index is 12.4. The minimum Gasteiger partial charge on any atom is -0.444 e. The van der Waals surface area contributed by atoms with Crippen molar-refractivity contribution >= 4 is 23.2 Å². The van der Waals surface area contributed by atoms with Gasteiger partial charge in [0.05, 0.1) is 0 Å². The third kappa shape index (κ3) is 3.39. The summed E-state index contributed by atoms with van der Waals surface area (Å²) in [5.74, 6) is -0.0272. The number of carbonyl (C=O) groups is 2. The van der Waals surface area contributed by atoms with Gasteiger partial charge in [-0.25, -0.2) is 4.79 Å². The number of Topliss-reactive ketones (excluding diaryl/α,β-unsaturated/α-hetero) is 1. The third-order valence-corrected chi connectivity index (χ3v) is 4.36. The van der Waals surface area contributed by atoms with Gasteiger partial charge in [-0.15, -0.1) is 11.3 Å². The molecule has 1 heterocycles. The van der Waals surface area contributed by atoms with Crippen LogP contribution in [0.15, 0.2) is 11.4 Å². The van der Waals surface area contributed by atoms with Crippen molar-refractivity contribution in [2.24, 2.45) is 5.92 Å². The lowest BCUT2D eigenvalue weighted by atomic mass is 9.83. The second-order valence-electron chi connectivity index (χ2n) is 6.20. The number of hydrogen-bond donors (Lipinski definition) is 1. The van der Waals surface area contributed by atoms with Gasteiger partial charge < -0.3 is 10.1 Å². The second-order valence-corrected chi connectivity index (χ2v) is 7.20. The number of rotatable bonds is 2. The van der Waals surface area contributed by atoms with E-state index in [9.17, 15) is 9.59 Å². The molecule has 1 amide bonds. The van der Waals surface area contributed by atoms with Crippen molar-refractivity contribution in [3.8, 4) is 0 Å². The SMILES string of the molecule is CC(NC(=O)OC(C)(C)C)C1CCc2sccc2C1=O. The number of ether oxygens (including phenoxy) is 1. The first-order valence-electron chi connectivity index (χ1n) is 6.88. The molecular formula is C15H21NO3S. The first-order valence-corrected chi connectivity index (χ1v) is 7.76. The number of amides is 1. The first-order chi connectivity index (χ1) is 9.28. The van der Waals surface area contributed by atoms with Crippen molar-refractivity contribution in [2.45, 2.75) is 52.2 Å². The van der Waals surface area contributed by atoms with Crippen LogP contribution in [0, 0.1) is 5.92 Å². The van der Waals surface area contributed by atoms with Crippen LogP contribution in [0.5, 0.6) is 0 Å². The average Bonchev–Trinajstić information content (AvgIpc) is 2.75. The molecule has 1 aliphatic rings. The molecule has 110 valence electrons. The zero-order chi connectivity index (χ0) is 14.9. The van der Waals surface area contributed by atoms with Gasteiger partial charge in [-0.05, 0) is 52.0 Å². The Bertz CT molecular complexity index is 515. The number of thiophene rings is 1. The summed E-state index contributed by atoms with van der Waals surface area (Å²) in [6.45, 7) is 7.33. The Balaban J connectivity index is 1.99. The molecule has 1 N–H and O–H groups in total. The molecule has 0 saturated carbocycles. The Hall–Kier alpha value is -1.36. The fourth-order valence-corrected chi connectivity index (χ4v) is 3.34. The van der Waals surface area contributed by atoms with Crippen LogP contribution in [0.3, 0.4) is 0 Å². The van der Waals surface area contributed by atoms with Crippen molar-refractivity contribution < 1.29 is 14.3 Å². The number of aryl methyl sites for hydroxylation is 1. The number of nitrogens with one attached hydrogen (secondary N) is 1. The van der Waals surface area contributed by atoms with E-state index >= 15 is 0 Å². The fourth-order valence-electron chi connectivity index (χ4n) is 2.44. The minimum atomic E-state index is -0.527. The number of ketones is 1. The molecule has 1 aromatic heterocycles. The molecule has 0 aromatic carbocycles. The van der Waals surface area contributed by atoms with E-state index in [1.165, 1.54) is 0 Å². The van der Waals surface area contributed by atoms with Crippen molar-refractivity contribution in [3.63, 3.8) is 0 Å². The van der Waals surface area contributed by atoms with Gasteiger partial charge in [0, 0.05) is 22.4 Å². The monoisotopic (exact) mass is 295 g/mol. The van der Waals surface area contributed by atoms with Crippen LogP contribution in [0.1, 0.15) is 49.4 Å². The van der Waals surface area contributed by atoms with E-state index < -0.39 is 11.7 Å². The first kappa shape index (κ1) is 15.0. The molecule has 20 heavy (non-hydrogen) atoms. The van der Waals surface area contributed by atoms with Gasteiger partial charge >= 0.3 is 6.09 Å². The third-order valence-electron chi connectivity index (χ3n) is 3.38. The van der Waals surface area contributed by atoms with E-state index in [1.807, 2.05) is 39.1 Å². The Kier molecular flexibility index (Phi) is 4.18. The minimum absolute atomic E-state index is 0.135. The molecule has 0 radical (unpaired) electrons. The van der Waals surface area contributed by atoms with Crippen LogP contribution < -0.4 is 5.32 Å². The second kappa shape index (κ2) is 5.56. The molecule has 0 bridgehead atoms. The van der Waals surface area contributed by atoms with Crippen LogP contribution in [0.25, 0.3) is 0 Å². The Labute approximate surface area is 123 Å². The van der Waals surface area contributed by atoms with Crippen LogP contribution in [0.4, 0.5) is 4.79 Å². The standard InChI is InChI=1S/C15H21NO3S/c1-9(16-14(18)19-15(2,3)4)10-5-6-12-11(13(10)17)7-8-20-12/h7-10H,5-6H2,1-4H3,(H,16,18). The molecule has 0 aliphatic heterocycles. The van der Waals surface area contributed by atoms with E-state index in [-0.39, 0.29) is 17.7 Å². The summed E-state index contributed by atoms with van der Waals surface area (Å²) in [5, 5.41) is 4.74. The van der Waals surface area contributed by atoms with E-state index in [0.717, 1.165) is 23.3 Å². The van der Waals surface area contributed by atoms with Gasteiger partial charge in [-0.3, -0.25) is 4.79 Å². The maximum Gasteiger partial charge on any atom is 0.407 e. The molecule has 0 fully saturated rings. The van der Waals surface area contributed by atoms with Gasteiger partial charge in [0.2, 0.25) is 0 Å².